The summed E-state index contributed by atoms with van der Waals surface area (Å²) in [7, 11) is 0. The van der Waals surface area contributed by atoms with E-state index in [0.717, 1.165) is 10.4 Å². The summed E-state index contributed by atoms with van der Waals surface area (Å²) in [6.45, 7) is 8.56. The van der Waals surface area contributed by atoms with E-state index in [-0.39, 0.29) is 29.5 Å². The standard InChI is InChI=1S/C29H28F3N9/c1-17-5-6-18(13-35-17)26(23-15-41(40-39-23)28(7-8-28)29(30,31)32)38-21-9-19(11-33)24-22(10-21)25(20(12-34)14-36-24)37-16-27(2,3)4/h5-6,9-10,13-15,26,38H,7-8,16H2,1-4H3,(H,36,37). The molecule has 0 saturated heterocycles. The van der Waals surface area contributed by atoms with Gasteiger partial charge in [0.15, 0.2) is 5.54 Å². The number of aryl methyl sites for hydroxylation is 1. The summed E-state index contributed by atoms with van der Waals surface area (Å²) in [6, 6.07) is 10.6. The van der Waals surface area contributed by atoms with E-state index in [1.165, 1.54) is 12.4 Å². The van der Waals surface area contributed by atoms with Gasteiger partial charge in [-0.25, -0.2) is 4.68 Å². The highest BCUT2D eigenvalue weighted by Crippen LogP contribution is 2.55. The van der Waals surface area contributed by atoms with Crippen molar-refractivity contribution in [3.8, 4) is 12.1 Å². The van der Waals surface area contributed by atoms with E-state index in [1.807, 2.05) is 13.0 Å². The van der Waals surface area contributed by atoms with Crippen LogP contribution in [0.2, 0.25) is 0 Å². The van der Waals surface area contributed by atoms with Crippen LogP contribution < -0.4 is 10.6 Å². The third-order valence-corrected chi connectivity index (χ3v) is 7.08. The molecule has 3 aromatic heterocycles. The molecule has 0 radical (unpaired) electrons. The van der Waals surface area contributed by atoms with Gasteiger partial charge in [0.05, 0.1) is 34.6 Å². The van der Waals surface area contributed by atoms with Gasteiger partial charge in [-0.1, -0.05) is 32.1 Å². The van der Waals surface area contributed by atoms with Gasteiger partial charge in [0, 0.05) is 35.7 Å². The van der Waals surface area contributed by atoms with Gasteiger partial charge in [0.1, 0.15) is 17.8 Å². The van der Waals surface area contributed by atoms with Crippen molar-refractivity contribution < 1.29 is 13.2 Å². The molecule has 1 aliphatic rings. The van der Waals surface area contributed by atoms with Crippen LogP contribution in [0.25, 0.3) is 10.9 Å². The fourth-order valence-electron chi connectivity index (χ4n) is 4.62. The molecule has 1 aromatic carbocycles. The summed E-state index contributed by atoms with van der Waals surface area (Å²) in [5.74, 6) is 0. The highest BCUT2D eigenvalue weighted by Gasteiger charge is 2.66. The summed E-state index contributed by atoms with van der Waals surface area (Å²) in [5.41, 5.74) is 1.60. The second-order valence-corrected chi connectivity index (χ2v) is 11.5. The molecule has 210 valence electrons. The number of nitrogens with zero attached hydrogens (tertiary/aromatic N) is 7. The zero-order chi connectivity index (χ0) is 29.6. The number of nitriles is 2. The highest BCUT2D eigenvalue weighted by molar-refractivity contribution is 5.99. The highest BCUT2D eigenvalue weighted by atomic mass is 19.4. The Hall–Kier alpha value is -4.71. The number of alkyl halides is 3. The quantitative estimate of drug-likeness (QED) is 0.283. The van der Waals surface area contributed by atoms with Gasteiger partial charge in [-0.15, -0.1) is 5.10 Å². The Morgan fingerprint density at radius 1 is 1.05 bits per heavy atom. The van der Waals surface area contributed by atoms with Crippen LogP contribution in [0, 0.1) is 35.0 Å². The lowest BCUT2D eigenvalue weighted by Crippen LogP contribution is -2.35. The zero-order valence-electron chi connectivity index (χ0n) is 23.0. The minimum Gasteiger partial charge on any atom is -0.383 e. The molecule has 9 nitrogen and oxygen atoms in total. The van der Waals surface area contributed by atoms with Crippen LogP contribution in [0.1, 0.15) is 67.7 Å². The van der Waals surface area contributed by atoms with Gasteiger partial charge >= 0.3 is 6.18 Å². The van der Waals surface area contributed by atoms with Gasteiger partial charge < -0.3 is 10.6 Å². The van der Waals surface area contributed by atoms with E-state index >= 15 is 0 Å². The number of aromatic nitrogens is 5. The monoisotopic (exact) mass is 559 g/mol. The molecular weight excluding hydrogens is 531 g/mol. The maximum Gasteiger partial charge on any atom is 0.413 e. The number of hydrogen-bond acceptors (Lipinski definition) is 8. The number of hydrogen-bond donors (Lipinski definition) is 2. The minimum atomic E-state index is -4.45. The molecule has 12 heteroatoms. The largest absolute Gasteiger partial charge is 0.413 e. The van der Waals surface area contributed by atoms with Crippen molar-refractivity contribution in [2.75, 3.05) is 17.2 Å². The molecule has 0 bridgehead atoms. The molecule has 1 fully saturated rings. The zero-order valence-corrected chi connectivity index (χ0v) is 23.0. The number of pyridine rings is 2. The van der Waals surface area contributed by atoms with E-state index in [1.54, 1.807) is 24.4 Å². The minimum absolute atomic E-state index is 0.0573. The molecule has 1 aliphatic carbocycles. The summed E-state index contributed by atoms with van der Waals surface area (Å²) in [5, 5.41) is 35.0. The molecule has 0 amide bonds. The lowest BCUT2D eigenvalue weighted by Gasteiger charge is -2.22. The molecule has 2 N–H and O–H groups in total. The fraction of sp³-hybridized carbons (Fsp3) is 0.379. The van der Waals surface area contributed by atoms with E-state index in [4.69, 9.17) is 0 Å². The number of anilines is 2. The van der Waals surface area contributed by atoms with Gasteiger partial charge in [-0.3, -0.25) is 9.97 Å². The molecule has 41 heavy (non-hydrogen) atoms. The lowest BCUT2D eigenvalue weighted by molar-refractivity contribution is -0.182. The molecule has 0 aliphatic heterocycles. The van der Waals surface area contributed by atoms with Crippen molar-refractivity contribution in [3.05, 3.63) is 70.9 Å². The topological polar surface area (TPSA) is 128 Å². The first-order valence-electron chi connectivity index (χ1n) is 13.0. The lowest BCUT2D eigenvalue weighted by atomic mass is 9.96. The summed E-state index contributed by atoms with van der Waals surface area (Å²) in [6.07, 6.45) is -0.185. The van der Waals surface area contributed by atoms with Crippen LogP contribution in [-0.4, -0.2) is 37.7 Å². The Morgan fingerprint density at radius 3 is 2.37 bits per heavy atom. The van der Waals surface area contributed by atoms with Gasteiger partial charge in [0.2, 0.25) is 0 Å². The Morgan fingerprint density at radius 2 is 1.78 bits per heavy atom. The predicted molar refractivity (Wildman–Crippen MR) is 147 cm³/mol. The molecule has 1 atom stereocenters. The Labute approximate surface area is 235 Å². The van der Waals surface area contributed by atoms with E-state index in [9.17, 15) is 23.7 Å². The SMILES string of the molecule is Cc1ccc(C(Nc2cc(C#N)c3ncc(C#N)c(NCC(C)(C)C)c3c2)c2cn(C3(C(F)(F)F)CC3)nn2)cn1. The van der Waals surface area contributed by atoms with Gasteiger partial charge in [0.25, 0.3) is 0 Å². The van der Waals surface area contributed by atoms with Crippen molar-refractivity contribution >= 4 is 22.3 Å². The van der Waals surface area contributed by atoms with Crippen LogP contribution >= 0.6 is 0 Å². The Balaban J connectivity index is 1.61. The molecule has 0 spiro atoms. The third kappa shape index (κ3) is 5.38. The van der Waals surface area contributed by atoms with Crippen LogP contribution in [0.3, 0.4) is 0 Å². The molecular formula is C29H28F3N9. The maximum atomic E-state index is 13.8. The number of nitrogens with one attached hydrogen (secondary N) is 2. The number of halogens is 3. The second-order valence-electron chi connectivity index (χ2n) is 11.5. The van der Waals surface area contributed by atoms with Crippen LogP contribution in [-0.2, 0) is 5.54 Å². The summed E-state index contributed by atoms with van der Waals surface area (Å²) < 4.78 is 42.3. The van der Waals surface area contributed by atoms with Crippen LogP contribution in [0.15, 0.2) is 42.9 Å². The molecule has 3 heterocycles. The normalized spacial score (nSPS) is 15.1. The van der Waals surface area contributed by atoms with E-state index in [2.05, 4.69) is 63.8 Å². The number of benzene rings is 1. The summed E-state index contributed by atoms with van der Waals surface area (Å²) >= 11 is 0. The van der Waals surface area contributed by atoms with Crippen LogP contribution in [0.5, 0.6) is 0 Å². The smallest absolute Gasteiger partial charge is 0.383 e. The van der Waals surface area contributed by atoms with Crippen molar-refractivity contribution in [2.45, 2.75) is 58.3 Å². The van der Waals surface area contributed by atoms with Crippen molar-refractivity contribution in [3.63, 3.8) is 0 Å². The Bertz CT molecular complexity index is 1680. The fourth-order valence-corrected chi connectivity index (χ4v) is 4.62. The molecule has 1 saturated carbocycles. The molecule has 4 aromatic rings. The van der Waals surface area contributed by atoms with Crippen molar-refractivity contribution in [1.29, 1.82) is 10.5 Å². The number of rotatable bonds is 7. The molecule has 5 rings (SSSR count). The average molecular weight is 560 g/mol. The summed E-state index contributed by atoms with van der Waals surface area (Å²) in [4.78, 5) is 8.74. The average Bonchev–Trinajstić information content (AvgIpc) is 3.61. The van der Waals surface area contributed by atoms with Gasteiger partial charge in [-0.05, 0) is 48.9 Å². The first-order valence-corrected chi connectivity index (χ1v) is 13.0. The first-order chi connectivity index (χ1) is 19.3. The Kier molecular flexibility index (Phi) is 6.82. The maximum absolute atomic E-state index is 13.8. The third-order valence-electron chi connectivity index (χ3n) is 7.08. The van der Waals surface area contributed by atoms with E-state index < -0.39 is 17.8 Å². The van der Waals surface area contributed by atoms with Gasteiger partial charge in [-0.2, -0.15) is 23.7 Å². The first kappa shape index (κ1) is 27.8. The van der Waals surface area contributed by atoms with Crippen LogP contribution in [0.4, 0.5) is 24.5 Å². The van der Waals surface area contributed by atoms with Crippen molar-refractivity contribution in [1.82, 2.24) is 25.0 Å². The predicted octanol–water partition coefficient (Wildman–Crippen LogP) is 5.98. The molecule has 1 unspecified atom stereocenters. The number of fused-ring (bicyclic) bond motifs is 1. The second kappa shape index (κ2) is 10.0. The van der Waals surface area contributed by atoms with E-state index in [0.29, 0.717) is 39.9 Å². The van der Waals surface area contributed by atoms with Crippen molar-refractivity contribution in [2.24, 2.45) is 5.41 Å².